The van der Waals surface area contributed by atoms with Crippen LogP contribution in [0.1, 0.15) is 91.9 Å². The molecule has 1 N–H and O–H groups in total. The quantitative estimate of drug-likeness (QED) is 0.419. The average Bonchev–Trinajstić information content (AvgIpc) is 2.35. The largest absolute Gasteiger partial charge is 0.396 e. The molecule has 0 saturated heterocycles. The molecule has 0 amide bonds. The van der Waals surface area contributed by atoms with Gasteiger partial charge in [-0.1, -0.05) is 79.1 Å². The van der Waals surface area contributed by atoms with Crippen LogP contribution in [0.5, 0.6) is 0 Å². The van der Waals surface area contributed by atoms with Crippen molar-refractivity contribution in [1.82, 2.24) is 0 Å². The van der Waals surface area contributed by atoms with E-state index in [9.17, 15) is 5.11 Å². The fourth-order valence-corrected chi connectivity index (χ4v) is 2.65. The third-order valence-corrected chi connectivity index (χ3v) is 4.05. The van der Waals surface area contributed by atoms with E-state index in [0.29, 0.717) is 12.5 Å². The predicted octanol–water partition coefficient (Wildman–Crippen LogP) is 5.81. The van der Waals surface area contributed by atoms with Crippen LogP contribution in [0.3, 0.4) is 0 Å². The molecule has 0 aromatic heterocycles. The molecule has 1 unspecified atom stereocenters. The molecule has 0 saturated carbocycles. The second kappa shape index (κ2) is 13.0. The van der Waals surface area contributed by atoms with Crippen LogP contribution in [-0.2, 0) is 0 Å². The molecule has 0 radical (unpaired) electrons. The van der Waals surface area contributed by atoms with Gasteiger partial charge in [0, 0.05) is 6.61 Å². The smallest absolute Gasteiger partial charge is 0.0459 e. The van der Waals surface area contributed by atoms with Crippen LogP contribution < -0.4 is 0 Å². The Labute approximate surface area is 122 Å². The third-order valence-electron chi connectivity index (χ3n) is 4.05. The molecular formula is C18H38O. The van der Waals surface area contributed by atoms with Crippen molar-refractivity contribution in [3.8, 4) is 0 Å². The molecule has 1 nitrogen and oxygen atoms in total. The van der Waals surface area contributed by atoms with E-state index in [1.165, 1.54) is 64.2 Å². The summed E-state index contributed by atoms with van der Waals surface area (Å²) in [5.41, 5.74) is 0. The van der Waals surface area contributed by atoms with Crippen molar-refractivity contribution in [3.05, 3.63) is 0 Å². The van der Waals surface area contributed by atoms with Crippen molar-refractivity contribution in [3.63, 3.8) is 0 Å². The molecule has 0 bridgehead atoms. The van der Waals surface area contributed by atoms with Gasteiger partial charge in [0.25, 0.3) is 0 Å². The first-order valence-electron chi connectivity index (χ1n) is 8.67. The Kier molecular flexibility index (Phi) is 12.9. The van der Waals surface area contributed by atoms with Crippen molar-refractivity contribution >= 4 is 0 Å². The number of rotatable bonds is 13. The molecule has 0 fully saturated rings. The minimum absolute atomic E-state index is 0.397. The van der Waals surface area contributed by atoms with Crippen LogP contribution in [0, 0.1) is 17.8 Å². The van der Waals surface area contributed by atoms with Gasteiger partial charge in [-0.15, -0.1) is 0 Å². The molecule has 0 aliphatic carbocycles. The molecule has 0 aliphatic heterocycles. The van der Waals surface area contributed by atoms with E-state index in [-0.39, 0.29) is 0 Å². The van der Waals surface area contributed by atoms with Gasteiger partial charge in [-0.05, 0) is 30.6 Å². The summed E-state index contributed by atoms with van der Waals surface area (Å²) in [6.07, 6.45) is 13.3. The maximum absolute atomic E-state index is 9.41. The number of hydrogen-bond donors (Lipinski definition) is 1. The third kappa shape index (κ3) is 14.2. The summed E-state index contributed by atoms with van der Waals surface area (Å²) in [5.74, 6) is 2.25. The minimum atomic E-state index is 0.397. The van der Waals surface area contributed by atoms with E-state index in [1.54, 1.807) is 0 Å². The molecule has 0 aromatic carbocycles. The SMILES string of the molecule is CC(C)CCCCCCC(CO)CCCCC(C)C. The van der Waals surface area contributed by atoms with Crippen LogP contribution in [0.4, 0.5) is 0 Å². The zero-order chi connectivity index (χ0) is 14.5. The lowest BCUT2D eigenvalue weighted by atomic mass is 9.94. The maximum atomic E-state index is 9.41. The highest BCUT2D eigenvalue weighted by molar-refractivity contribution is 4.60. The molecule has 1 heteroatoms. The zero-order valence-corrected chi connectivity index (χ0v) is 14.0. The number of aliphatic hydroxyl groups excluding tert-OH is 1. The van der Waals surface area contributed by atoms with Gasteiger partial charge < -0.3 is 5.11 Å². The topological polar surface area (TPSA) is 20.2 Å². The lowest BCUT2D eigenvalue weighted by molar-refractivity contribution is 0.203. The van der Waals surface area contributed by atoms with Gasteiger partial charge in [0.2, 0.25) is 0 Å². The number of unbranched alkanes of at least 4 members (excludes halogenated alkanes) is 4. The number of hydrogen-bond acceptors (Lipinski definition) is 1. The summed E-state index contributed by atoms with van der Waals surface area (Å²) in [6, 6.07) is 0. The van der Waals surface area contributed by atoms with E-state index >= 15 is 0 Å². The minimum Gasteiger partial charge on any atom is -0.396 e. The highest BCUT2D eigenvalue weighted by Gasteiger charge is 2.07. The maximum Gasteiger partial charge on any atom is 0.0459 e. The Bertz CT molecular complexity index is 175. The van der Waals surface area contributed by atoms with E-state index in [0.717, 1.165) is 11.8 Å². The zero-order valence-electron chi connectivity index (χ0n) is 14.0. The van der Waals surface area contributed by atoms with E-state index < -0.39 is 0 Å². The van der Waals surface area contributed by atoms with Crippen molar-refractivity contribution in [2.24, 2.45) is 17.8 Å². The first-order chi connectivity index (χ1) is 9.06. The molecular weight excluding hydrogens is 232 g/mol. The molecule has 19 heavy (non-hydrogen) atoms. The molecule has 0 heterocycles. The van der Waals surface area contributed by atoms with Crippen molar-refractivity contribution < 1.29 is 5.11 Å². The number of aliphatic hydroxyl groups is 1. The first-order valence-corrected chi connectivity index (χ1v) is 8.67. The van der Waals surface area contributed by atoms with Crippen molar-refractivity contribution in [2.75, 3.05) is 6.61 Å². The second-order valence-corrected chi connectivity index (χ2v) is 7.11. The Morgan fingerprint density at radius 3 is 1.37 bits per heavy atom. The Morgan fingerprint density at radius 1 is 0.579 bits per heavy atom. The average molecular weight is 271 g/mol. The lowest BCUT2D eigenvalue weighted by Crippen LogP contribution is -2.06. The van der Waals surface area contributed by atoms with Gasteiger partial charge in [0.05, 0.1) is 0 Å². The lowest BCUT2D eigenvalue weighted by Gasteiger charge is -2.14. The van der Waals surface area contributed by atoms with E-state index in [4.69, 9.17) is 0 Å². The van der Waals surface area contributed by atoms with Crippen LogP contribution >= 0.6 is 0 Å². The summed E-state index contributed by atoms with van der Waals surface area (Å²) in [7, 11) is 0. The molecule has 0 aliphatic rings. The normalized spacial score (nSPS) is 13.4. The monoisotopic (exact) mass is 270 g/mol. The highest BCUT2D eigenvalue weighted by Crippen LogP contribution is 2.19. The van der Waals surface area contributed by atoms with Gasteiger partial charge in [0.1, 0.15) is 0 Å². The summed E-state index contributed by atoms with van der Waals surface area (Å²) < 4.78 is 0. The first kappa shape index (κ1) is 19.0. The van der Waals surface area contributed by atoms with Crippen LogP contribution in [0.15, 0.2) is 0 Å². The molecule has 0 rings (SSSR count). The van der Waals surface area contributed by atoms with Gasteiger partial charge in [-0.25, -0.2) is 0 Å². The van der Waals surface area contributed by atoms with Crippen LogP contribution in [-0.4, -0.2) is 11.7 Å². The van der Waals surface area contributed by atoms with Crippen LogP contribution in [0.2, 0.25) is 0 Å². The summed E-state index contributed by atoms with van der Waals surface area (Å²) in [4.78, 5) is 0. The van der Waals surface area contributed by atoms with Crippen LogP contribution in [0.25, 0.3) is 0 Å². The molecule has 1 atom stereocenters. The van der Waals surface area contributed by atoms with E-state index in [1.807, 2.05) is 0 Å². The summed E-state index contributed by atoms with van der Waals surface area (Å²) in [5, 5.41) is 9.41. The summed E-state index contributed by atoms with van der Waals surface area (Å²) in [6.45, 7) is 9.59. The molecule has 0 aromatic rings. The Balaban J connectivity index is 3.38. The van der Waals surface area contributed by atoms with Gasteiger partial charge in [0.15, 0.2) is 0 Å². The predicted molar refractivity (Wildman–Crippen MR) is 86.4 cm³/mol. The second-order valence-electron chi connectivity index (χ2n) is 7.11. The van der Waals surface area contributed by atoms with E-state index in [2.05, 4.69) is 27.7 Å². The molecule has 0 spiro atoms. The fraction of sp³-hybridized carbons (Fsp3) is 1.00. The van der Waals surface area contributed by atoms with Gasteiger partial charge in [-0.2, -0.15) is 0 Å². The van der Waals surface area contributed by atoms with Gasteiger partial charge in [-0.3, -0.25) is 0 Å². The Morgan fingerprint density at radius 2 is 0.947 bits per heavy atom. The van der Waals surface area contributed by atoms with Crippen molar-refractivity contribution in [1.29, 1.82) is 0 Å². The summed E-state index contributed by atoms with van der Waals surface area (Å²) >= 11 is 0. The van der Waals surface area contributed by atoms with Crippen molar-refractivity contribution in [2.45, 2.75) is 91.9 Å². The molecule has 116 valence electrons. The Hall–Kier alpha value is -0.0400. The highest BCUT2D eigenvalue weighted by atomic mass is 16.3. The standard InChI is InChI=1S/C18H38O/c1-16(2)11-7-5-6-8-13-18(15-19)14-10-9-12-17(3)4/h16-19H,5-15H2,1-4H3. The fourth-order valence-electron chi connectivity index (χ4n) is 2.65. The van der Waals surface area contributed by atoms with Gasteiger partial charge >= 0.3 is 0 Å².